The van der Waals surface area contributed by atoms with Gasteiger partial charge >= 0.3 is 11.7 Å². The van der Waals surface area contributed by atoms with Gasteiger partial charge in [0.1, 0.15) is 5.82 Å². The van der Waals surface area contributed by atoms with E-state index in [1.165, 1.54) is 44.5 Å². The fourth-order valence-corrected chi connectivity index (χ4v) is 4.27. The number of benzene rings is 3. The normalized spacial score (nSPS) is 11.7. The van der Waals surface area contributed by atoms with E-state index in [2.05, 4.69) is 15.6 Å². The third-order valence-electron chi connectivity index (χ3n) is 5.75. The van der Waals surface area contributed by atoms with Gasteiger partial charge in [-0.3, -0.25) is 9.59 Å². The Bertz CT molecular complexity index is 1630. The van der Waals surface area contributed by atoms with Crippen LogP contribution in [0.3, 0.4) is 0 Å². The van der Waals surface area contributed by atoms with Crippen molar-refractivity contribution in [3.63, 3.8) is 0 Å². The largest absolute Gasteiger partial charge is 0.467 e. The molecule has 1 aromatic heterocycles. The van der Waals surface area contributed by atoms with Gasteiger partial charge in [0.2, 0.25) is 0 Å². The number of hydrogen-bond acceptors (Lipinski definition) is 6. The molecule has 0 spiro atoms. The van der Waals surface area contributed by atoms with Crippen LogP contribution in [0.25, 0.3) is 16.6 Å². The number of methoxy groups -OCH3 is 1. The second kappa shape index (κ2) is 10.3. The summed E-state index contributed by atoms with van der Waals surface area (Å²) in [6.07, 6.45) is 0. The Morgan fingerprint density at radius 2 is 1.78 bits per heavy atom. The average Bonchev–Trinajstić information content (AvgIpc) is 2.86. The highest BCUT2D eigenvalue weighted by Gasteiger charge is 2.25. The molecule has 3 aromatic carbocycles. The summed E-state index contributed by atoms with van der Waals surface area (Å²) in [5.74, 6) is -1.93. The van der Waals surface area contributed by atoms with Crippen molar-refractivity contribution in [3.8, 4) is 5.69 Å². The van der Waals surface area contributed by atoms with E-state index in [9.17, 15) is 23.6 Å². The maximum absolute atomic E-state index is 14.2. The Morgan fingerprint density at radius 1 is 1.08 bits per heavy atom. The summed E-state index contributed by atoms with van der Waals surface area (Å²) in [6, 6.07) is 11.8. The van der Waals surface area contributed by atoms with Crippen molar-refractivity contribution in [3.05, 3.63) is 103 Å². The third kappa shape index (κ3) is 5.10. The standard InChI is InChI=1S/C26H22ClFN4O5/c1-13-8-15(10-16(27)9-13)22(25(35)37-3)31-23(33)14-4-6-17(7-5-14)32-24(34)18-11-19(28)21(29-2)12-20(18)30-26(32)36/h4-12,22,29H,1-3H3,(H,30,36)(H,31,33). The van der Waals surface area contributed by atoms with E-state index in [4.69, 9.17) is 16.3 Å². The lowest BCUT2D eigenvalue weighted by Crippen LogP contribution is -2.35. The average molecular weight is 525 g/mol. The summed E-state index contributed by atoms with van der Waals surface area (Å²) in [5.41, 5.74) is 0.425. The molecular formula is C26H22ClFN4O5. The smallest absolute Gasteiger partial charge is 0.333 e. The van der Waals surface area contributed by atoms with Crippen LogP contribution in [0.1, 0.15) is 27.5 Å². The Kier molecular flexibility index (Phi) is 7.12. The summed E-state index contributed by atoms with van der Waals surface area (Å²) in [7, 11) is 2.72. The minimum absolute atomic E-state index is 0.0179. The van der Waals surface area contributed by atoms with Crippen molar-refractivity contribution < 1.29 is 18.7 Å². The van der Waals surface area contributed by atoms with Gasteiger partial charge in [-0.2, -0.15) is 0 Å². The summed E-state index contributed by atoms with van der Waals surface area (Å²) < 4.78 is 19.9. The van der Waals surface area contributed by atoms with Crippen LogP contribution in [-0.2, 0) is 9.53 Å². The SMILES string of the molecule is CNc1cc2[nH]c(=O)n(-c3ccc(C(=O)NC(C(=O)OC)c4cc(C)cc(Cl)c4)cc3)c(=O)c2cc1F. The Labute approximate surface area is 214 Å². The van der Waals surface area contributed by atoms with Crippen molar-refractivity contribution >= 4 is 40.1 Å². The number of aromatic nitrogens is 2. The number of carbonyl (C=O) groups is 2. The summed E-state index contributed by atoms with van der Waals surface area (Å²) in [6.45, 7) is 1.80. The number of carbonyl (C=O) groups excluding carboxylic acids is 2. The fraction of sp³-hybridized carbons (Fsp3) is 0.154. The molecule has 4 aromatic rings. The predicted octanol–water partition coefficient (Wildman–Crippen LogP) is 3.47. The number of amides is 1. The summed E-state index contributed by atoms with van der Waals surface area (Å²) >= 11 is 6.11. The number of nitrogens with zero attached hydrogens (tertiary/aromatic N) is 1. The van der Waals surface area contributed by atoms with Crippen molar-refractivity contribution in [1.29, 1.82) is 0 Å². The number of anilines is 1. The van der Waals surface area contributed by atoms with Gasteiger partial charge in [0.25, 0.3) is 11.5 Å². The monoisotopic (exact) mass is 524 g/mol. The van der Waals surface area contributed by atoms with Crippen molar-refractivity contribution in [1.82, 2.24) is 14.9 Å². The number of H-pyrrole nitrogens is 1. The number of fused-ring (bicyclic) bond motifs is 1. The number of aryl methyl sites for hydroxylation is 1. The molecule has 0 aliphatic carbocycles. The highest BCUT2D eigenvalue weighted by Crippen LogP contribution is 2.22. The van der Waals surface area contributed by atoms with Gasteiger partial charge < -0.3 is 20.4 Å². The number of nitrogens with one attached hydrogen (secondary N) is 3. The molecule has 1 unspecified atom stereocenters. The van der Waals surface area contributed by atoms with Gasteiger partial charge in [0.15, 0.2) is 6.04 Å². The predicted molar refractivity (Wildman–Crippen MR) is 138 cm³/mol. The molecule has 0 aliphatic rings. The molecule has 0 saturated carbocycles. The van der Waals surface area contributed by atoms with Gasteiger partial charge in [-0.1, -0.05) is 17.7 Å². The second-order valence-corrected chi connectivity index (χ2v) is 8.67. The molecule has 11 heteroatoms. The molecule has 0 bridgehead atoms. The van der Waals surface area contributed by atoms with Gasteiger partial charge in [-0.25, -0.2) is 18.5 Å². The molecule has 4 rings (SSSR count). The zero-order valence-electron chi connectivity index (χ0n) is 20.0. The quantitative estimate of drug-likeness (QED) is 0.332. The number of ether oxygens (including phenoxy) is 1. The fourth-order valence-electron chi connectivity index (χ4n) is 3.97. The zero-order valence-corrected chi connectivity index (χ0v) is 20.8. The molecule has 190 valence electrons. The van der Waals surface area contributed by atoms with Crippen LogP contribution in [0.2, 0.25) is 5.02 Å². The van der Waals surface area contributed by atoms with E-state index >= 15 is 0 Å². The van der Waals surface area contributed by atoms with Crippen molar-refractivity contribution in [2.24, 2.45) is 0 Å². The highest BCUT2D eigenvalue weighted by molar-refractivity contribution is 6.30. The lowest BCUT2D eigenvalue weighted by atomic mass is 10.0. The van der Waals surface area contributed by atoms with Crippen LogP contribution < -0.4 is 21.9 Å². The number of aromatic amines is 1. The Balaban J connectivity index is 1.66. The minimum Gasteiger partial charge on any atom is -0.467 e. The zero-order chi connectivity index (χ0) is 26.9. The van der Waals surface area contributed by atoms with Gasteiger partial charge in [-0.15, -0.1) is 0 Å². The number of rotatable bonds is 6. The first-order valence-electron chi connectivity index (χ1n) is 11.1. The minimum atomic E-state index is -1.11. The van der Waals surface area contributed by atoms with Gasteiger partial charge in [0, 0.05) is 17.6 Å². The Morgan fingerprint density at radius 3 is 2.41 bits per heavy atom. The number of esters is 1. The molecule has 1 atom stereocenters. The molecule has 0 fully saturated rings. The maximum Gasteiger partial charge on any atom is 0.333 e. The Hall–Kier alpha value is -4.44. The molecule has 1 heterocycles. The molecule has 3 N–H and O–H groups in total. The number of hydrogen-bond donors (Lipinski definition) is 3. The van der Waals surface area contributed by atoms with Crippen LogP contribution >= 0.6 is 11.6 Å². The van der Waals surface area contributed by atoms with Gasteiger partial charge in [-0.05, 0) is 66.6 Å². The van der Waals surface area contributed by atoms with Crippen LogP contribution in [0, 0.1) is 12.7 Å². The molecule has 0 saturated heterocycles. The lowest BCUT2D eigenvalue weighted by Gasteiger charge is -2.18. The van der Waals surface area contributed by atoms with Crippen LogP contribution in [0.15, 0.2) is 64.2 Å². The van der Waals surface area contributed by atoms with Crippen molar-refractivity contribution in [2.45, 2.75) is 13.0 Å². The first-order valence-corrected chi connectivity index (χ1v) is 11.4. The first kappa shape index (κ1) is 25.6. The van der Waals surface area contributed by atoms with E-state index in [0.29, 0.717) is 10.6 Å². The van der Waals surface area contributed by atoms with E-state index in [1.807, 2.05) is 0 Å². The summed E-state index contributed by atoms with van der Waals surface area (Å²) in [5, 5.41) is 5.65. The first-order chi connectivity index (χ1) is 17.6. The lowest BCUT2D eigenvalue weighted by molar-refractivity contribution is -0.143. The second-order valence-electron chi connectivity index (χ2n) is 8.24. The van der Waals surface area contributed by atoms with Gasteiger partial charge in [0.05, 0.1) is 29.4 Å². The highest BCUT2D eigenvalue weighted by atomic mass is 35.5. The van der Waals surface area contributed by atoms with E-state index in [1.54, 1.807) is 25.1 Å². The van der Waals surface area contributed by atoms with Crippen LogP contribution in [-0.4, -0.2) is 35.6 Å². The van der Waals surface area contributed by atoms with E-state index in [-0.39, 0.29) is 27.8 Å². The van der Waals surface area contributed by atoms with Crippen LogP contribution in [0.5, 0.6) is 0 Å². The molecule has 1 amide bonds. The third-order valence-corrected chi connectivity index (χ3v) is 5.97. The van der Waals surface area contributed by atoms with E-state index < -0.39 is 35.0 Å². The number of halogens is 2. The topological polar surface area (TPSA) is 122 Å². The molecular weight excluding hydrogens is 503 g/mol. The maximum atomic E-state index is 14.2. The molecule has 37 heavy (non-hydrogen) atoms. The summed E-state index contributed by atoms with van der Waals surface area (Å²) in [4.78, 5) is 53.6. The van der Waals surface area contributed by atoms with Crippen LogP contribution in [0.4, 0.5) is 10.1 Å². The van der Waals surface area contributed by atoms with Crippen molar-refractivity contribution in [2.75, 3.05) is 19.5 Å². The molecule has 9 nitrogen and oxygen atoms in total. The van der Waals surface area contributed by atoms with E-state index in [0.717, 1.165) is 16.2 Å². The molecule has 0 aliphatic heterocycles. The molecule has 0 radical (unpaired) electrons.